The van der Waals surface area contributed by atoms with Crippen molar-refractivity contribution < 1.29 is 14.3 Å². The second-order valence-electron chi connectivity index (χ2n) is 5.26. The summed E-state index contributed by atoms with van der Waals surface area (Å²) in [6, 6.07) is 7.43. The molecule has 1 aromatic carbocycles. The minimum absolute atomic E-state index is 0.0556. The molecule has 0 bridgehead atoms. The van der Waals surface area contributed by atoms with Crippen molar-refractivity contribution in [1.29, 1.82) is 0 Å². The van der Waals surface area contributed by atoms with Crippen LogP contribution in [0.4, 0.5) is 0 Å². The van der Waals surface area contributed by atoms with Gasteiger partial charge in [-0.05, 0) is 25.0 Å². The van der Waals surface area contributed by atoms with Crippen LogP contribution in [-0.4, -0.2) is 25.3 Å². The Kier molecular flexibility index (Phi) is 3.80. The number of ether oxygens (including phenoxy) is 2. The first-order valence-electron chi connectivity index (χ1n) is 6.84. The second kappa shape index (κ2) is 5.43. The Morgan fingerprint density at radius 2 is 2.10 bits per heavy atom. The Bertz CT molecular complexity index is 537. The van der Waals surface area contributed by atoms with Crippen molar-refractivity contribution in [2.45, 2.75) is 18.6 Å². The summed E-state index contributed by atoms with van der Waals surface area (Å²) in [6.45, 7) is 0.649. The summed E-state index contributed by atoms with van der Waals surface area (Å²) >= 11 is 3.38. The number of halogens is 1. The van der Waals surface area contributed by atoms with Crippen LogP contribution in [-0.2, 0) is 9.47 Å². The zero-order chi connectivity index (χ0) is 14.2. The largest absolute Gasteiger partial charge is 0.352 e. The van der Waals surface area contributed by atoms with Crippen molar-refractivity contribution in [3.63, 3.8) is 0 Å². The molecule has 0 aromatic heterocycles. The Hall–Kier alpha value is -0.970. The van der Waals surface area contributed by atoms with E-state index in [2.05, 4.69) is 22.0 Å². The van der Waals surface area contributed by atoms with E-state index in [1.54, 1.807) is 7.11 Å². The van der Waals surface area contributed by atoms with E-state index in [9.17, 15) is 4.79 Å². The van der Waals surface area contributed by atoms with Crippen molar-refractivity contribution in [2.24, 2.45) is 11.8 Å². The van der Waals surface area contributed by atoms with Crippen LogP contribution >= 0.6 is 15.9 Å². The summed E-state index contributed by atoms with van der Waals surface area (Å²) < 4.78 is 12.5. The normalized spacial score (nSPS) is 32.1. The van der Waals surface area contributed by atoms with Gasteiger partial charge in [-0.25, -0.2) is 0 Å². The molecule has 1 aliphatic heterocycles. The molecule has 4 heteroatoms. The number of carbonyl (C=O) groups excluding carboxylic acids is 1. The van der Waals surface area contributed by atoms with Crippen LogP contribution in [0.3, 0.4) is 0 Å². The van der Waals surface area contributed by atoms with Gasteiger partial charge in [0, 0.05) is 23.1 Å². The topological polar surface area (TPSA) is 35.5 Å². The maximum Gasteiger partial charge on any atom is 0.187 e. The number of rotatable bonds is 3. The van der Waals surface area contributed by atoms with Gasteiger partial charge in [0.15, 0.2) is 11.6 Å². The Balaban J connectivity index is 1.91. The van der Waals surface area contributed by atoms with Crippen LogP contribution in [0.25, 0.3) is 0 Å². The maximum atomic E-state index is 12.8. The van der Waals surface area contributed by atoms with E-state index < -0.39 is 5.79 Å². The number of carbonyl (C=O) groups is 1. The van der Waals surface area contributed by atoms with Gasteiger partial charge in [-0.3, -0.25) is 4.79 Å². The van der Waals surface area contributed by atoms with Crippen LogP contribution in [0.2, 0.25) is 0 Å². The number of benzene rings is 1. The van der Waals surface area contributed by atoms with E-state index >= 15 is 0 Å². The van der Waals surface area contributed by atoms with Gasteiger partial charge >= 0.3 is 0 Å². The lowest BCUT2D eigenvalue weighted by Crippen LogP contribution is -2.50. The molecule has 1 heterocycles. The molecule has 1 fully saturated rings. The average Bonchev–Trinajstić information content (AvgIpc) is 2.87. The molecule has 106 valence electrons. The molecule has 1 aliphatic carbocycles. The Morgan fingerprint density at radius 3 is 2.80 bits per heavy atom. The molecular formula is C16H17BrO3. The van der Waals surface area contributed by atoms with E-state index in [4.69, 9.17) is 9.47 Å². The summed E-state index contributed by atoms with van der Waals surface area (Å²) in [5, 5.41) is 0. The van der Waals surface area contributed by atoms with E-state index in [0.717, 1.165) is 17.3 Å². The molecule has 3 atom stereocenters. The van der Waals surface area contributed by atoms with Gasteiger partial charge in [-0.2, -0.15) is 0 Å². The lowest BCUT2D eigenvalue weighted by atomic mass is 9.84. The third-order valence-corrected chi connectivity index (χ3v) is 4.73. The molecular weight excluding hydrogens is 320 g/mol. The summed E-state index contributed by atoms with van der Waals surface area (Å²) in [6.07, 6.45) is 6.04. The Morgan fingerprint density at radius 1 is 1.35 bits per heavy atom. The number of ketones is 1. The molecule has 20 heavy (non-hydrogen) atoms. The minimum Gasteiger partial charge on any atom is -0.352 e. The van der Waals surface area contributed by atoms with Crippen LogP contribution < -0.4 is 0 Å². The highest BCUT2D eigenvalue weighted by atomic mass is 79.9. The Labute approximate surface area is 127 Å². The minimum atomic E-state index is -0.803. The first-order chi connectivity index (χ1) is 9.67. The number of hydrogen-bond acceptors (Lipinski definition) is 3. The summed E-state index contributed by atoms with van der Waals surface area (Å²) in [5.41, 5.74) is 0.689. The zero-order valence-electron chi connectivity index (χ0n) is 11.3. The zero-order valence-corrected chi connectivity index (χ0v) is 12.9. The summed E-state index contributed by atoms with van der Waals surface area (Å²) in [4.78, 5) is 12.8. The quantitative estimate of drug-likeness (QED) is 0.625. The van der Waals surface area contributed by atoms with Gasteiger partial charge in [0.25, 0.3) is 0 Å². The molecule has 0 saturated carbocycles. The molecule has 0 spiro atoms. The molecule has 0 unspecified atom stereocenters. The SMILES string of the molecule is CO[C@]12OCCC[C@H]1C=C[C@H]2C(=O)c1ccc(Br)cc1. The van der Waals surface area contributed by atoms with Gasteiger partial charge in [-0.1, -0.05) is 40.2 Å². The average molecular weight is 337 g/mol. The standard InChI is InChI=1S/C16H17BrO3/c1-19-16-12(3-2-10-20-16)6-9-14(16)15(18)11-4-7-13(17)8-5-11/h4-9,12,14H,2-3,10H2,1H3/t12-,14-,16-/m0/s1. The number of hydrogen-bond donors (Lipinski definition) is 0. The predicted molar refractivity (Wildman–Crippen MR) is 79.5 cm³/mol. The first-order valence-corrected chi connectivity index (χ1v) is 7.64. The summed E-state index contributed by atoms with van der Waals surface area (Å²) in [5.74, 6) is -0.938. The molecule has 1 aromatic rings. The fourth-order valence-electron chi connectivity index (χ4n) is 3.17. The fraction of sp³-hybridized carbons (Fsp3) is 0.438. The van der Waals surface area contributed by atoms with Gasteiger partial charge in [0.2, 0.25) is 0 Å². The van der Waals surface area contributed by atoms with E-state index in [0.29, 0.717) is 12.2 Å². The van der Waals surface area contributed by atoms with Gasteiger partial charge < -0.3 is 9.47 Å². The molecule has 3 rings (SSSR count). The van der Waals surface area contributed by atoms with Crippen LogP contribution in [0.15, 0.2) is 40.9 Å². The van der Waals surface area contributed by atoms with Crippen molar-refractivity contribution in [2.75, 3.05) is 13.7 Å². The molecule has 2 aliphatic rings. The smallest absolute Gasteiger partial charge is 0.187 e. The highest BCUT2D eigenvalue weighted by Crippen LogP contribution is 2.45. The molecule has 0 amide bonds. The molecule has 3 nitrogen and oxygen atoms in total. The number of fused-ring (bicyclic) bond motifs is 1. The second-order valence-corrected chi connectivity index (χ2v) is 6.17. The highest BCUT2D eigenvalue weighted by Gasteiger charge is 2.53. The summed E-state index contributed by atoms with van der Waals surface area (Å²) in [7, 11) is 1.63. The lowest BCUT2D eigenvalue weighted by Gasteiger charge is -2.41. The third-order valence-electron chi connectivity index (χ3n) is 4.20. The molecule has 0 radical (unpaired) electrons. The lowest BCUT2D eigenvalue weighted by molar-refractivity contribution is -0.269. The van der Waals surface area contributed by atoms with Crippen LogP contribution in [0.5, 0.6) is 0 Å². The van der Waals surface area contributed by atoms with Crippen molar-refractivity contribution in [1.82, 2.24) is 0 Å². The fourth-order valence-corrected chi connectivity index (χ4v) is 3.44. The van der Waals surface area contributed by atoms with Crippen LogP contribution in [0.1, 0.15) is 23.2 Å². The van der Waals surface area contributed by atoms with Crippen molar-refractivity contribution >= 4 is 21.7 Å². The first kappa shape index (κ1) is 14.0. The van der Waals surface area contributed by atoms with Crippen molar-refractivity contribution in [3.05, 3.63) is 46.5 Å². The van der Waals surface area contributed by atoms with Gasteiger partial charge in [0.05, 0.1) is 12.5 Å². The molecule has 0 N–H and O–H groups in total. The van der Waals surface area contributed by atoms with E-state index in [1.807, 2.05) is 30.3 Å². The van der Waals surface area contributed by atoms with Gasteiger partial charge in [0.1, 0.15) is 0 Å². The molecule has 1 saturated heterocycles. The van der Waals surface area contributed by atoms with E-state index in [1.165, 1.54) is 0 Å². The third kappa shape index (κ3) is 2.16. The van der Waals surface area contributed by atoms with Crippen molar-refractivity contribution in [3.8, 4) is 0 Å². The predicted octanol–water partition coefficient (Wildman–Crippen LogP) is 3.59. The number of methoxy groups -OCH3 is 1. The van der Waals surface area contributed by atoms with Gasteiger partial charge in [-0.15, -0.1) is 0 Å². The number of Topliss-reactive ketones (excluding diaryl/α,β-unsaturated/α-hetero) is 1. The van der Waals surface area contributed by atoms with Crippen LogP contribution in [0, 0.1) is 11.8 Å². The monoisotopic (exact) mass is 336 g/mol. The maximum absolute atomic E-state index is 12.8. The highest BCUT2D eigenvalue weighted by molar-refractivity contribution is 9.10. The van der Waals surface area contributed by atoms with E-state index in [-0.39, 0.29) is 17.6 Å².